The van der Waals surface area contributed by atoms with Gasteiger partial charge in [-0.15, -0.1) is 32.9 Å². The van der Waals surface area contributed by atoms with Gasteiger partial charge in [-0.3, -0.25) is 9.36 Å². The van der Waals surface area contributed by atoms with E-state index in [1.54, 1.807) is 0 Å². The van der Waals surface area contributed by atoms with Gasteiger partial charge in [0.05, 0.1) is 11.4 Å². The summed E-state index contributed by atoms with van der Waals surface area (Å²) in [7, 11) is 0. The highest BCUT2D eigenvalue weighted by Crippen LogP contribution is 2.39. The lowest BCUT2D eigenvalue weighted by Crippen LogP contribution is -2.15. The van der Waals surface area contributed by atoms with E-state index in [1.807, 2.05) is 47.0 Å². The van der Waals surface area contributed by atoms with Crippen LogP contribution in [0, 0.1) is 5.92 Å². The van der Waals surface area contributed by atoms with Crippen LogP contribution in [0.4, 0.5) is 5.13 Å². The van der Waals surface area contributed by atoms with Crippen molar-refractivity contribution in [3.8, 4) is 22.6 Å². The molecule has 1 N–H and O–H groups in total. The molecule has 0 saturated carbocycles. The van der Waals surface area contributed by atoms with E-state index in [4.69, 9.17) is 0 Å². The number of fused-ring (bicyclic) bond motifs is 1. The molecule has 0 bridgehead atoms. The number of amides is 1. The molecular formula is C25H27N5OS3. The zero-order valence-corrected chi connectivity index (χ0v) is 21.9. The molecule has 176 valence electrons. The molecule has 3 heterocycles. The maximum atomic E-state index is 12.6. The summed E-state index contributed by atoms with van der Waals surface area (Å²) in [5.41, 5.74) is 4.55. The lowest BCUT2D eigenvalue weighted by Gasteiger charge is -2.19. The third kappa shape index (κ3) is 4.82. The second-order valence-corrected chi connectivity index (χ2v) is 11.7. The summed E-state index contributed by atoms with van der Waals surface area (Å²) in [6, 6.07) is 10.2. The highest BCUT2D eigenvalue weighted by molar-refractivity contribution is 7.99. The van der Waals surface area contributed by atoms with Gasteiger partial charge in [0.15, 0.2) is 16.1 Å². The Balaban J connectivity index is 1.28. The zero-order valence-electron chi connectivity index (χ0n) is 19.4. The molecule has 5 rings (SSSR count). The molecule has 0 aliphatic heterocycles. The molecule has 1 aliphatic rings. The van der Waals surface area contributed by atoms with E-state index < -0.39 is 0 Å². The quantitative estimate of drug-likeness (QED) is 0.285. The van der Waals surface area contributed by atoms with Gasteiger partial charge in [-0.2, -0.15) is 0 Å². The number of anilines is 1. The standard InChI is InChI=1S/C25H27N5OS3/c1-15(2)30-23(19-12-32-21-11-16(3)9-10-18(19)21)28-29-25(30)34-14-22(31)27-24-26-20(13-33-24)17-7-5-4-6-8-17/h4-8,12-13,15-16H,9-11,14H2,1-3H3,(H,26,27,31). The minimum atomic E-state index is -0.0966. The molecule has 34 heavy (non-hydrogen) atoms. The smallest absolute Gasteiger partial charge is 0.236 e. The van der Waals surface area contributed by atoms with Crippen molar-refractivity contribution < 1.29 is 4.79 Å². The first-order valence-corrected chi connectivity index (χ1v) is 14.2. The molecule has 3 aromatic heterocycles. The van der Waals surface area contributed by atoms with Crippen LogP contribution in [0.15, 0.2) is 46.2 Å². The number of thiophene rings is 1. The Morgan fingerprint density at radius 2 is 2.03 bits per heavy atom. The fourth-order valence-electron chi connectivity index (χ4n) is 4.25. The van der Waals surface area contributed by atoms with Gasteiger partial charge in [0.1, 0.15) is 0 Å². The number of carbonyl (C=O) groups excluding carboxylic acids is 1. The van der Waals surface area contributed by atoms with E-state index in [1.165, 1.54) is 45.5 Å². The van der Waals surface area contributed by atoms with Crippen LogP contribution in [-0.4, -0.2) is 31.4 Å². The van der Waals surface area contributed by atoms with Crippen molar-refractivity contribution in [2.75, 3.05) is 11.1 Å². The largest absolute Gasteiger partial charge is 0.301 e. The summed E-state index contributed by atoms with van der Waals surface area (Å²) in [4.78, 5) is 18.7. The highest BCUT2D eigenvalue weighted by atomic mass is 32.2. The van der Waals surface area contributed by atoms with E-state index in [9.17, 15) is 4.79 Å². The van der Waals surface area contributed by atoms with Crippen LogP contribution in [0.5, 0.6) is 0 Å². The predicted octanol–water partition coefficient (Wildman–Crippen LogP) is 6.57. The monoisotopic (exact) mass is 509 g/mol. The Morgan fingerprint density at radius 3 is 2.82 bits per heavy atom. The molecule has 1 amide bonds. The third-order valence-electron chi connectivity index (χ3n) is 5.98. The summed E-state index contributed by atoms with van der Waals surface area (Å²) >= 11 is 4.70. The van der Waals surface area contributed by atoms with E-state index >= 15 is 0 Å². The Morgan fingerprint density at radius 1 is 1.21 bits per heavy atom. The van der Waals surface area contributed by atoms with Crippen LogP contribution in [-0.2, 0) is 17.6 Å². The minimum absolute atomic E-state index is 0.0966. The van der Waals surface area contributed by atoms with Crippen LogP contribution >= 0.6 is 34.4 Å². The Labute approximate surface area is 211 Å². The average Bonchev–Trinajstić information content (AvgIpc) is 3.56. The van der Waals surface area contributed by atoms with Crippen molar-refractivity contribution in [2.45, 2.75) is 51.2 Å². The van der Waals surface area contributed by atoms with Gasteiger partial charge in [-0.25, -0.2) is 4.98 Å². The van der Waals surface area contributed by atoms with Gasteiger partial charge in [-0.1, -0.05) is 49.0 Å². The second-order valence-electron chi connectivity index (χ2n) is 8.91. The van der Waals surface area contributed by atoms with Crippen LogP contribution in [0.1, 0.15) is 43.7 Å². The zero-order chi connectivity index (χ0) is 23.7. The Kier molecular flexibility index (Phi) is 6.85. The molecule has 4 aromatic rings. The maximum absolute atomic E-state index is 12.6. The van der Waals surface area contributed by atoms with Crippen molar-refractivity contribution in [1.82, 2.24) is 19.7 Å². The number of aromatic nitrogens is 4. The molecule has 1 atom stereocenters. The van der Waals surface area contributed by atoms with E-state index in [0.29, 0.717) is 5.13 Å². The van der Waals surface area contributed by atoms with Crippen LogP contribution in [0.2, 0.25) is 0 Å². The Bertz CT molecular complexity index is 1290. The summed E-state index contributed by atoms with van der Waals surface area (Å²) in [5.74, 6) is 1.82. The van der Waals surface area contributed by atoms with E-state index in [2.05, 4.69) is 51.2 Å². The number of nitrogens with one attached hydrogen (secondary N) is 1. The SMILES string of the molecule is CC1CCc2c(-c3nnc(SCC(=O)Nc4nc(-c5ccccc5)cs4)n3C(C)C)csc2C1. The molecule has 1 aromatic carbocycles. The van der Waals surface area contributed by atoms with Gasteiger partial charge in [0.2, 0.25) is 5.91 Å². The van der Waals surface area contributed by atoms with Gasteiger partial charge in [-0.05, 0) is 44.6 Å². The van der Waals surface area contributed by atoms with Gasteiger partial charge in [0.25, 0.3) is 0 Å². The number of hydrogen-bond donors (Lipinski definition) is 1. The molecule has 0 fully saturated rings. The van der Waals surface area contributed by atoms with Gasteiger partial charge < -0.3 is 5.32 Å². The number of nitrogens with zero attached hydrogens (tertiary/aromatic N) is 4. The molecule has 9 heteroatoms. The molecule has 1 aliphatic carbocycles. The molecule has 6 nitrogen and oxygen atoms in total. The summed E-state index contributed by atoms with van der Waals surface area (Å²) in [5, 5.41) is 17.5. The number of carbonyl (C=O) groups is 1. The van der Waals surface area contributed by atoms with Crippen molar-refractivity contribution in [3.05, 3.63) is 51.5 Å². The highest BCUT2D eigenvalue weighted by Gasteiger charge is 2.25. The van der Waals surface area contributed by atoms with Crippen molar-refractivity contribution in [1.29, 1.82) is 0 Å². The number of hydrogen-bond acceptors (Lipinski definition) is 7. The minimum Gasteiger partial charge on any atom is -0.301 e. The molecule has 1 unspecified atom stereocenters. The first-order valence-electron chi connectivity index (χ1n) is 11.5. The summed E-state index contributed by atoms with van der Waals surface area (Å²) < 4.78 is 2.16. The number of rotatable bonds is 7. The second kappa shape index (κ2) is 10.0. The average molecular weight is 510 g/mol. The normalized spacial score (nSPS) is 15.5. The molecular weight excluding hydrogens is 483 g/mol. The van der Waals surface area contributed by atoms with Gasteiger partial charge >= 0.3 is 0 Å². The van der Waals surface area contributed by atoms with E-state index in [-0.39, 0.29) is 17.7 Å². The molecule has 0 radical (unpaired) electrons. The number of benzene rings is 1. The van der Waals surface area contributed by atoms with Crippen LogP contribution in [0.25, 0.3) is 22.6 Å². The maximum Gasteiger partial charge on any atom is 0.236 e. The first kappa shape index (κ1) is 23.3. The van der Waals surface area contributed by atoms with Crippen molar-refractivity contribution in [3.63, 3.8) is 0 Å². The third-order valence-corrected chi connectivity index (χ3v) is 8.73. The molecule has 0 spiro atoms. The topological polar surface area (TPSA) is 72.7 Å². The fraction of sp³-hybridized carbons (Fsp3) is 0.360. The van der Waals surface area contributed by atoms with Crippen LogP contribution < -0.4 is 5.32 Å². The summed E-state index contributed by atoms with van der Waals surface area (Å²) in [6.45, 7) is 6.60. The molecule has 0 saturated heterocycles. The Hall–Kier alpha value is -2.49. The predicted molar refractivity (Wildman–Crippen MR) is 142 cm³/mol. The van der Waals surface area contributed by atoms with Gasteiger partial charge in [0, 0.05) is 32.8 Å². The van der Waals surface area contributed by atoms with E-state index in [0.717, 1.165) is 41.0 Å². The lowest BCUT2D eigenvalue weighted by molar-refractivity contribution is -0.113. The lowest BCUT2D eigenvalue weighted by atomic mass is 9.88. The number of thiazole rings is 1. The van der Waals surface area contributed by atoms with Crippen molar-refractivity contribution in [2.24, 2.45) is 5.92 Å². The number of thioether (sulfide) groups is 1. The fourth-order valence-corrected chi connectivity index (χ4v) is 7.09. The van der Waals surface area contributed by atoms with Crippen LogP contribution in [0.3, 0.4) is 0 Å². The summed E-state index contributed by atoms with van der Waals surface area (Å²) in [6.07, 6.45) is 3.47. The first-order chi connectivity index (χ1) is 16.5. The van der Waals surface area contributed by atoms with Crippen molar-refractivity contribution >= 4 is 45.5 Å².